The van der Waals surface area contributed by atoms with Crippen LogP contribution < -0.4 is 5.32 Å². The molecule has 28 heavy (non-hydrogen) atoms. The number of carbonyl (C=O) groups is 1. The van der Waals surface area contributed by atoms with E-state index >= 15 is 0 Å². The highest BCUT2D eigenvalue weighted by Gasteiger charge is 2.12. The first kappa shape index (κ1) is 23.4. The highest BCUT2D eigenvalue weighted by atomic mass is 16.1. The van der Waals surface area contributed by atoms with Crippen LogP contribution in [0.5, 0.6) is 0 Å². The molecule has 0 radical (unpaired) electrons. The summed E-state index contributed by atoms with van der Waals surface area (Å²) in [5.41, 5.74) is 5.59. The summed E-state index contributed by atoms with van der Waals surface area (Å²) in [6, 6.07) is 8.64. The first-order chi connectivity index (χ1) is 13.4. The van der Waals surface area contributed by atoms with Gasteiger partial charge in [-0.1, -0.05) is 67.6 Å². The average Bonchev–Trinajstić information content (AvgIpc) is 2.69. The quantitative estimate of drug-likeness (QED) is 0.375. The predicted octanol–water partition coefficient (Wildman–Crippen LogP) is 5.72. The number of nitrogens with one attached hydrogen (secondary N) is 2. The molecule has 0 aliphatic carbocycles. The Balaban J connectivity index is 2.92. The highest BCUT2D eigenvalue weighted by Crippen LogP contribution is 2.18. The summed E-state index contributed by atoms with van der Waals surface area (Å²) < 4.78 is 0. The maximum atomic E-state index is 12.0. The van der Waals surface area contributed by atoms with E-state index in [1.54, 1.807) is 6.08 Å². The Morgan fingerprint density at radius 3 is 2.50 bits per heavy atom. The molecule has 0 aliphatic rings. The number of carbonyl (C=O) groups excluding carboxylic acids is 1. The molecular formula is C25H34N2O. The van der Waals surface area contributed by atoms with Crippen LogP contribution in [0.3, 0.4) is 0 Å². The zero-order valence-corrected chi connectivity index (χ0v) is 17.7. The average molecular weight is 379 g/mol. The van der Waals surface area contributed by atoms with Gasteiger partial charge in [-0.15, -0.1) is 0 Å². The van der Waals surface area contributed by atoms with E-state index in [1.807, 2.05) is 13.8 Å². The Bertz CT molecular complexity index is 751. The van der Waals surface area contributed by atoms with Crippen molar-refractivity contribution >= 4 is 12.1 Å². The molecule has 0 aromatic heterocycles. The smallest absolute Gasteiger partial charge is 0.232 e. The lowest BCUT2D eigenvalue weighted by Gasteiger charge is -2.10. The summed E-state index contributed by atoms with van der Waals surface area (Å²) in [4.78, 5) is 12.0. The molecule has 0 saturated carbocycles. The van der Waals surface area contributed by atoms with Gasteiger partial charge in [0.2, 0.25) is 5.91 Å². The second-order valence-electron chi connectivity index (χ2n) is 6.98. The maximum Gasteiger partial charge on any atom is 0.232 e. The van der Waals surface area contributed by atoms with E-state index in [9.17, 15) is 4.79 Å². The van der Waals surface area contributed by atoms with Crippen molar-refractivity contribution in [3.8, 4) is 0 Å². The van der Waals surface area contributed by atoms with Crippen molar-refractivity contribution < 1.29 is 4.79 Å². The van der Waals surface area contributed by atoms with Gasteiger partial charge in [0.05, 0.1) is 5.92 Å². The molecular weight excluding hydrogens is 344 g/mol. The predicted molar refractivity (Wildman–Crippen MR) is 121 cm³/mol. The summed E-state index contributed by atoms with van der Waals surface area (Å²) in [6.07, 6.45) is 12.3. The standard InChI is InChI=1S/C25H34N2O/c1-6-8-9-23(15-14-22-12-10-19(3)11-13-22)16-20(4)21(5)17-24(18-26)25(28)27-7-2/h8-13,16-18,24,26H,4,6-7,14-15H2,1-3,5H3,(H,27,28)/b9-8?,21-17+,23-16+,26-18?. The number of amides is 1. The van der Waals surface area contributed by atoms with E-state index in [0.717, 1.165) is 30.4 Å². The van der Waals surface area contributed by atoms with Gasteiger partial charge < -0.3 is 10.7 Å². The number of aryl methyl sites for hydroxylation is 2. The Labute approximate surface area is 170 Å². The van der Waals surface area contributed by atoms with Crippen LogP contribution in [0.2, 0.25) is 0 Å². The van der Waals surface area contributed by atoms with Crippen molar-refractivity contribution in [2.75, 3.05) is 6.54 Å². The SMILES string of the molecule is C=C(/C=C(\C=CCC)CCc1ccc(C)cc1)/C(C)=C/C(C=N)C(=O)NCC. The van der Waals surface area contributed by atoms with Crippen molar-refractivity contribution in [2.24, 2.45) is 5.92 Å². The van der Waals surface area contributed by atoms with Gasteiger partial charge in [0.1, 0.15) is 0 Å². The van der Waals surface area contributed by atoms with Gasteiger partial charge >= 0.3 is 0 Å². The zero-order chi connectivity index (χ0) is 20.9. The van der Waals surface area contributed by atoms with Crippen LogP contribution in [0.4, 0.5) is 0 Å². The molecule has 1 atom stereocenters. The van der Waals surface area contributed by atoms with Crippen LogP contribution in [-0.2, 0) is 11.2 Å². The molecule has 0 heterocycles. The lowest BCUT2D eigenvalue weighted by Crippen LogP contribution is -2.30. The summed E-state index contributed by atoms with van der Waals surface area (Å²) in [7, 11) is 0. The third kappa shape index (κ3) is 8.34. The van der Waals surface area contributed by atoms with Crippen molar-refractivity contribution in [2.45, 2.75) is 47.0 Å². The van der Waals surface area contributed by atoms with Crippen LogP contribution in [0, 0.1) is 18.3 Å². The van der Waals surface area contributed by atoms with E-state index in [0.29, 0.717) is 6.54 Å². The highest BCUT2D eigenvalue weighted by molar-refractivity contribution is 5.94. The van der Waals surface area contributed by atoms with Crippen LogP contribution >= 0.6 is 0 Å². The monoisotopic (exact) mass is 378 g/mol. The maximum absolute atomic E-state index is 12.0. The van der Waals surface area contributed by atoms with Gasteiger partial charge in [0.15, 0.2) is 0 Å². The lowest BCUT2D eigenvalue weighted by atomic mass is 9.97. The second-order valence-corrected chi connectivity index (χ2v) is 6.98. The molecule has 0 fully saturated rings. The van der Waals surface area contributed by atoms with Crippen LogP contribution in [0.1, 0.15) is 44.7 Å². The van der Waals surface area contributed by atoms with Gasteiger partial charge in [0.25, 0.3) is 0 Å². The summed E-state index contributed by atoms with van der Waals surface area (Å²) in [5.74, 6) is -0.716. The Hall–Kier alpha value is -2.68. The summed E-state index contributed by atoms with van der Waals surface area (Å²) in [6.45, 7) is 12.8. The molecule has 0 aliphatic heterocycles. The van der Waals surface area contributed by atoms with E-state index < -0.39 is 5.92 Å². The number of rotatable bonds is 11. The molecule has 1 aromatic rings. The summed E-state index contributed by atoms with van der Waals surface area (Å²) >= 11 is 0. The van der Waals surface area contributed by atoms with Crippen molar-refractivity contribution in [3.05, 3.63) is 83.0 Å². The molecule has 1 rings (SSSR count). The van der Waals surface area contributed by atoms with Crippen LogP contribution in [-0.4, -0.2) is 18.7 Å². The fourth-order valence-corrected chi connectivity index (χ4v) is 2.72. The largest absolute Gasteiger partial charge is 0.356 e. The first-order valence-electron chi connectivity index (χ1n) is 9.99. The fourth-order valence-electron chi connectivity index (χ4n) is 2.72. The third-order valence-corrected chi connectivity index (χ3v) is 4.52. The van der Waals surface area contributed by atoms with Gasteiger partial charge in [-0.2, -0.15) is 0 Å². The van der Waals surface area contributed by atoms with Gasteiger partial charge in [-0.3, -0.25) is 4.79 Å². The molecule has 3 heteroatoms. The first-order valence-corrected chi connectivity index (χ1v) is 9.99. The van der Waals surface area contributed by atoms with Gasteiger partial charge in [-0.05, 0) is 62.3 Å². The number of hydrogen-bond acceptors (Lipinski definition) is 2. The lowest BCUT2D eigenvalue weighted by molar-refractivity contribution is -0.121. The number of benzene rings is 1. The molecule has 2 N–H and O–H groups in total. The third-order valence-electron chi connectivity index (χ3n) is 4.52. The van der Waals surface area contributed by atoms with Crippen molar-refractivity contribution in [1.29, 1.82) is 5.41 Å². The molecule has 150 valence electrons. The molecule has 1 aromatic carbocycles. The molecule has 0 spiro atoms. The topological polar surface area (TPSA) is 53.0 Å². The Morgan fingerprint density at radius 1 is 1.25 bits per heavy atom. The Morgan fingerprint density at radius 2 is 1.93 bits per heavy atom. The van der Waals surface area contributed by atoms with Crippen LogP contribution in [0.25, 0.3) is 0 Å². The molecule has 1 amide bonds. The summed E-state index contributed by atoms with van der Waals surface area (Å²) in [5, 5.41) is 10.3. The normalized spacial score (nSPS) is 13.4. The fraction of sp³-hybridized carbons (Fsp3) is 0.360. The zero-order valence-electron chi connectivity index (χ0n) is 17.7. The minimum Gasteiger partial charge on any atom is -0.356 e. The van der Waals surface area contributed by atoms with Crippen molar-refractivity contribution in [3.63, 3.8) is 0 Å². The Kier molecular flexibility index (Phi) is 10.6. The molecule has 3 nitrogen and oxygen atoms in total. The van der Waals surface area contributed by atoms with Gasteiger partial charge in [-0.25, -0.2) is 0 Å². The molecule has 1 unspecified atom stereocenters. The number of allylic oxidation sites excluding steroid dienone is 6. The second kappa shape index (κ2) is 12.7. The minimum absolute atomic E-state index is 0.154. The van der Waals surface area contributed by atoms with E-state index in [1.165, 1.54) is 22.9 Å². The molecule has 0 saturated heterocycles. The van der Waals surface area contributed by atoms with E-state index in [4.69, 9.17) is 5.41 Å². The van der Waals surface area contributed by atoms with Crippen LogP contribution in [0.15, 0.2) is 71.9 Å². The number of hydrogen-bond donors (Lipinski definition) is 2. The minimum atomic E-state index is -0.563. The van der Waals surface area contributed by atoms with E-state index in [2.05, 4.69) is 68.2 Å². The van der Waals surface area contributed by atoms with Gasteiger partial charge in [0, 0.05) is 12.8 Å². The van der Waals surface area contributed by atoms with Crippen molar-refractivity contribution in [1.82, 2.24) is 5.32 Å². The van der Waals surface area contributed by atoms with E-state index in [-0.39, 0.29) is 5.91 Å². The molecule has 0 bridgehead atoms.